The lowest BCUT2D eigenvalue weighted by atomic mass is 9.96. The Bertz CT molecular complexity index is 395. The molecule has 0 aromatic heterocycles. The van der Waals surface area contributed by atoms with Crippen LogP contribution in [0, 0.1) is 5.41 Å². The molecule has 2 heterocycles. The standard InChI is InChI=1S/C17H31N3O2/c1-3-18-16(20-14-11-13-5-6-15(14)22-13)19-12-17(7-8-17)9-10-21-4-2/h13-15H,3-12H2,1-2H3,(H2,18,19,20). The Labute approximate surface area is 134 Å². The highest BCUT2D eigenvalue weighted by Crippen LogP contribution is 2.49. The second-order valence-electron chi connectivity index (χ2n) is 7.00. The van der Waals surface area contributed by atoms with Crippen molar-refractivity contribution in [2.24, 2.45) is 10.4 Å². The van der Waals surface area contributed by atoms with Gasteiger partial charge < -0.3 is 20.1 Å². The number of aliphatic imine (C=N–C) groups is 1. The Balaban J connectivity index is 1.50. The van der Waals surface area contributed by atoms with Crippen LogP contribution in [0.15, 0.2) is 4.99 Å². The van der Waals surface area contributed by atoms with E-state index in [1.165, 1.54) is 25.7 Å². The smallest absolute Gasteiger partial charge is 0.191 e. The van der Waals surface area contributed by atoms with Crippen molar-refractivity contribution in [3.05, 3.63) is 0 Å². The second kappa shape index (κ2) is 7.18. The van der Waals surface area contributed by atoms with E-state index >= 15 is 0 Å². The van der Waals surface area contributed by atoms with E-state index in [-0.39, 0.29) is 0 Å². The summed E-state index contributed by atoms with van der Waals surface area (Å²) in [6.07, 6.45) is 8.15. The molecule has 0 aromatic rings. The molecule has 2 N–H and O–H groups in total. The van der Waals surface area contributed by atoms with Gasteiger partial charge in [0.25, 0.3) is 0 Å². The molecular formula is C17H31N3O2. The van der Waals surface area contributed by atoms with Gasteiger partial charge in [0.05, 0.1) is 18.2 Å². The topological polar surface area (TPSA) is 54.9 Å². The Morgan fingerprint density at radius 1 is 1.32 bits per heavy atom. The zero-order valence-corrected chi connectivity index (χ0v) is 14.1. The van der Waals surface area contributed by atoms with Crippen molar-refractivity contribution < 1.29 is 9.47 Å². The zero-order chi connectivity index (χ0) is 15.4. The maximum absolute atomic E-state index is 5.93. The first-order chi connectivity index (χ1) is 10.7. The Morgan fingerprint density at radius 3 is 2.77 bits per heavy atom. The SMILES string of the molecule is CCNC(=NCC1(CCOCC)CC1)NC1CC2CCC1O2. The van der Waals surface area contributed by atoms with Crippen LogP contribution in [0.1, 0.15) is 52.4 Å². The van der Waals surface area contributed by atoms with E-state index in [1.807, 2.05) is 0 Å². The number of hydrogen-bond acceptors (Lipinski definition) is 3. The lowest BCUT2D eigenvalue weighted by molar-refractivity contribution is 0.0992. The highest BCUT2D eigenvalue weighted by Gasteiger charge is 2.43. The van der Waals surface area contributed by atoms with Gasteiger partial charge in [0.2, 0.25) is 0 Å². The molecule has 5 nitrogen and oxygen atoms in total. The highest BCUT2D eigenvalue weighted by atomic mass is 16.5. The molecule has 1 saturated carbocycles. The van der Waals surface area contributed by atoms with Crippen LogP contribution < -0.4 is 10.6 Å². The average Bonchev–Trinajstić information content (AvgIpc) is 2.97. The van der Waals surface area contributed by atoms with Crippen LogP contribution in [0.4, 0.5) is 0 Å². The molecule has 126 valence electrons. The summed E-state index contributed by atoms with van der Waals surface area (Å²) in [5.41, 5.74) is 0.405. The van der Waals surface area contributed by atoms with Crippen LogP contribution in [0.2, 0.25) is 0 Å². The molecule has 0 radical (unpaired) electrons. The molecule has 3 rings (SSSR count). The van der Waals surface area contributed by atoms with E-state index in [4.69, 9.17) is 14.5 Å². The molecule has 3 atom stereocenters. The number of ether oxygens (including phenoxy) is 2. The largest absolute Gasteiger partial charge is 0.382 e. The van der Waals surface area contributed by atoms with E-state index < -0.39 is 0 Å². The van der Waals surface area contributed by atoms with Crippen molar-refractivity contribution in [3.63, 3.8) is 0 Å². The number of fused-ring (bicyclic) bond motifs is 2. The maximum Gasteiger partial charge on any atom is 0.191 e. The maximum atomic E-state index is 5.93. The van der Waals surface area contributed by atoms with Gasteiger partial charge in [-0.2, -0.15) is 0 Å². The first-order valence-corrected chi connectivity index (χ1v) is 9.03. The lowest BCUT2D eigenvalue weighted by Crippen LogP contribution is -2.47. The minimum absolute atomic E-state index is 0.390. The quantitative estimate of drug-likeness (QED) is 0.409. The lowest BCUT2D eigenvalue weighted by Gasteiger charge is -2.23. The van der Waals surface area contributed by atoms with Gasteiger partial charge in [0.1, 0.15) is 0 Å². The van der Waals surface area contributed by atoms with Crippen LogP contribution in [-0.4, -0.2) is 50.5 Å². The molecule has 3 aliphatic rings. The number of nitrogens with zero attached hydrogens (tertiary/aromatic N) is 1. The molecule has 3 fully saturated rings. The van der Waals surface area contributed by atoms with Gasteiger partial charge in [0, 0.05) is 26.3 Å². The van der Waals surface area contributed by atoms with Crippen LogP contribution in [0.25, 0.3) is 0 Å². The molecule has 0 amide bonds. The first-order valence-electron chi connectivity index (χ1n) is 9.03. The van der Waals surface area contributed by atoms with Gasteiger partial charge in [-0.25, -0.2) is 0 Å². The van der Waals surface area contributed by atoms with Crippen LogP contribution in [0.3, 0.4) is 0 Å². The fraction of sp³-hybridized carbons (Fsp3) is 0.941. The minimum Gasteiger partial charge on any atom is -0.382 e. The van der Waals surface area contributed by atoms with Gasteiger partial charge in [-0.3, -0.25) is 4.99 Å². The molecule has 0 aromatic carbocycles. The Hall–Kier alpha value is -0.810. The second-order valence-corrected chi connectivity index (χ2v) is 7.00. The van der Waals surface area contributed by atoms with Crippen molar-refractivity contribution in [1.29, 1.82) is 0 Å². The van der Waals surface area contributed by atoms with Crippen molar-refractivity contribution >= 4 is 5.96 Å². The van der Waals surface area contributed by atoms with E-state index in [9.17, 15) is 0 Å². The summed E-state index contributed by atoms with van der Waals surface area (Å²) < 4.78 is 11.4. The summed E-state index contributed by atoms with van der Waals surface area (Å²) in [7, 11) is 0. The molecule has 2 aliphatic heterocycles. The normalized spacial score (nSPS) is 32.3. The molecule has 2 saturated heterocycles. The van der Waals surface area contributed by atoms with Crippen molar-refractivity contribution in [2.75, 3.05) is 26.3 Å². The van der Waals surface area contributed by atoms with E-state index in [1.54, 1.807) is 0 Å². The van der Waals surface area contributed by atoms with Crippen LogP contribution in [-0.2, 0) is 9.47 Å². The Kier molecular flexibility index (Phi) is 5.24. The molecule has 3 unspecified atom stereocenters. The fourth-order valence-corrected chi connectivity index (χ4v) is 3.63. The van der Waals surface area contributed by atoms with Gasteiger partial charge in [-0.15, -0.1) is 0 Å². The van der Waals surface area contributed by atoms with Crippen LogP contribution >= 0.6 is 0 Å². The van der Waals surface area contributed by atoms with Crippen molar-refractivity contribution in [2.45, 2.75) is 70.6 Å². The summed E-state index contributed by atoms with van der Waals surface area (Å²) in [6.45, 7) is 7.68. The first kappa shape index (κ1) is 16.1. The third-order valence-corrected chi connectivity index (χ3v) is 5.28. The third kappa shape index (κ3) is 3.93. The molecule has 1 aliphatic carbocycles. The Morgan fingerprint density at radius 2 is 2.18 bits per heavy atom. The summed E-state index contributed by atoms with van der Waals surface area (Å²) in [4.78, 5) is 4.86. The number of nitrogens with one attached hydrogen (secondary N) is 2. The third-order valence-electron chi connectivity index (χ3n) is 5.28. The van der Waals surface area contributed by atoms with E-state index in [2.05, 4.69) is 24.5 Å². The van der Waals surface area contributed by atoms with Crippen LogP contribution in [0.5, 0.6) is 0 Å². The fourth-order valence-electron chi connectivity index (χ4n) is 3.63. The van der Waals surface area contributed by atoms with Gasteiger partial charge in [-0.1, -0.05) is 0 Å². The van der Waals surface area contributed by atoms with Crippen molar-refractivity contribution in [1.82, 2.24) is 10.6 Å². The molecular weight excluding hydrogens is 278 g/mol. The molecule has 0 spiro atoms. The van der Waals surface area contributed by atoms with Gasteiger partial charge in [0.15, 0.2) is 5.96 Å². The summed E-state index contributed by atoms with van der Waals surface area (Å²) in [5.74, 6) is 0.964. The minimum atomic E-state index is 0.390. The summed E-state index contributed by atoms with van der Waals surface area (Å²) in [6, 6.07) is 0.440. The zero-order valence-electron chi connectivity index (χ0n) is 14.1. The molecule has 2 bridgehead atoms. The average molecular weight is 309 g/mol. The van der Waals surface area contributed by atoms with E-state index in [0.717, 1.165) is 45.1 Å². The number of rotatable bonds is 8. The molecule has 22 heavy (non-hydrogen) atoms. The number of guanidine groups is 1. The van der Waals surface area contributed by atoms with Gasteiger partial charge in [-0.05, 0) is 57.8 Å². The van der Waals surface area contributed by atoms with Gasteiger partial charge >= 0.3 is 0 Å². The van der Waals surface area contributed by atoms with Crippen molar-refractivity contribution in [3.8, 4) is 0 Å². The number of hydrogen-bond donors (Lipinski definition) is 2. The van der Waals surface area contributed by atoms with E-state index in [0.29, 0.717) is 23.7 Å². The highest BCUT2D eigenvalue weighted by molar-refractivity contribution is 5.80. The predicted octanol–water partition coefficient (Wildman–Crippen LogP) is 2.07. The summed E-state index contributed by atoms with van der Waals surface area (Å²) in [5, 5.41) is 6.99. The predicted molar refractivity (Wildman–Crippen MR) is 88.2 cm³/mol. The summed E-state index contributed by atoms with van der Waals surface area (Å²) >= 11 is 0. The monoisotopic (exact) mass is 309 g/mol. The molecule has 5 heteroatoms.